The molecular weight excluding hydrogens is 855 g/mol. The van der Waals surface area contributed by atoms with E-state index in [1.165, 1.54) is 15.7 Å². The predicted octanol–water partition coefficient (Wildman–Crippen LogP) is 8.92. The fraction of sp³-hybridized carbons (Fsp3) is 0.0556. The standard InChI is InChI=1S/C24BF20.C12H13S/c26-5-1(6(27)14(35)21(42)13(5)34)25(2-7(28)15(36)22(43)16(37)8(2)29,3-9(30)17(38)23(44)18(39)10(3)31)4-11(32)19(40)24(45)20(41)12(4)33;1-13(2)12-9-5-7-10-6-3-4-8-11(10)12/h;3-9H,1-2H3/q-1;+1. The van der Waals surface area contributed by atoms with Crippen LogP contribution in [0.1, 0.15) is 0 Å². The highest BCUT2D eigenvalue weighted by molar-refractivity contribution is 7.95. The van der Waals surface area contributed by atoms with Gasteiger partial charge in [-0.15, -0.1) is 21.9 Å². The molecule has 0 aliphatic rings. The Morgan fingerprint density at radius 1 is 0.293 bits per heavy atom. The van der Waals surface area contributed by atoms with Crippen LogP contribution < -0.4 is 21.9 Å². The lowest BCUT2D eigenvalue weighted by atomic mass is 9.12. The normalized spacial score (nSPS) is 11.8. The lowest BCUT2D eigenvalue weighted by Gasteiger charge is -2.44. The van der Waals surface area contributed by atoms with Gasteiger partial charge >= 0.3 is 0 Å². The van der Waals surface area contributed by atoms with Gasteiger partial charge in [0.15, 0.2) is 74.7 Å². The molecule has 6 rings (SSSR count). The van der Waals surface area contributed by atoms with Crippen molar-refractivity contribution in [2.45, 2.75) is 4.90 Å². The monoisotopic (exact) mass is 868 g/mol. The Hall–Kier alpha value is -5.41. The third kappa shape index (κ3) is 6.39. The molecule has 0 radical (unpaired) electrons. The van der Waals surface area contributed by atoms with Crippen LogP contribution in [-0.2, 0) is 10.9 Å². The predicted molar refractivity (Wildman–Crippen MR) is 171 cm³/mol. The van der Waals surface area contributed by atoms with Crippen molar-refractivity contribution in [1.29, 1.82) is 0 Å². The molecule has 0 fully saturated rings. The molecule has 0 N–H and O–H groups in total. The van der Waals surface area contributed by atoms with Gasteiger partial charge in [0.05, 0.1) is 0 Å². The van der Waals surface area contributed by atoms with Gasteiger partial charge in [-0.3, -0.25) is 0 Å². The van der Waals surface area contributed by atoms with Gasteiger partial charge in [0.2, 0.25) is 0 Å². The van der Waals surface area contributed by atoms with Crippen molar-refractivity contribution in [2.75, 3.05) is 12.5 Å². The first kappa shape index (κ1) is 43.7. The summed E-state index contributed by atoms with van der Waals surface area (Å²) in [4.78, 5) is 1.47. The molecule has 0 bridgehead atoms. The zero-order valence-corrected chi connectivity index (χ0v) is 28.9. The average molecular weight is 868 g/mol. The van der Waals surface area contributed by atoms with E-state index in [9.17, 15) is 52.7 Å². The van der Waals surface area contributed by atoms with Gasteiger partial charge in [-0.2, -0.15) is 0 Å². The SMILES string of the molecule is C[S+](C)c1cccc2ccccc12.Fc1c(F)c(F)c([B-](c2c(F)c(F)c(F)c(F)c2F)(c2c(F)c(F)c(F)c(F)c2F)c2c(F)c(F)c(F)c(F)c2F)c(F)c1F. The number of benzene rings is 6. The van der Waals surface area contributed by atoms with Crippen LogP contribution in [0.15, 0.2) is 47.4 Å². The number of rotatable bonds is 5. The molecule has 6 aromatic rings. The second-order valence-electron chi connectivity index (χ2n) is 12.1. The largest absolute Gasteiger partial charge is 0.207 e. The first-order chi connectivity index (χ1) is 27.0. The number of hydrogen-bond acceptors (Lipinski definition) is 0. The molecular formula is C36H13BF20S. The van der Waals surface area contributed by atoms with Gasteiger partial charge in [-0.1, -0.05) is 30.3 Å². The van der Waals surface area contributed by atoms with E-state index in [1.807, 2.05) is 0 Å². The second-order valence-corrected chi connectivity index (χ2v) is 14.2. The van der Waals surface area contributed by atoms with E-state index in [-0.39, 0.29) is 0 Å². The van der Waals surface area contributed by atoms with Crippen LogP contribution in [0.4, 0.5) is 87.8 Å². The van der Waals surface area contributed by atoms with E-state index in [2.05, 4.69) is 55.0 Å². The molecule has 0 spiro atoms. The molecule has 306 valence electrons. The van der Waals surface area contributed by atoms with Gasteiger partial charge in [-0.05, 0) is 17.5 Å². The summed E-state index contributed by atoms with van der Waals surface area (Å²) in [5, 5.41) is 2.75. The Morgan fingerprint density at radius 3 is 0.776 bits per heavy atom. The highest BCUT2D eigenvalue weighted by atomic mass is 32.2. The topological polar surface area (TPSA) is 0 Å². The van der Waals surface area contributed by atoms with E-state index >= 15 is 35.1 Å². The molecule has 0 aliphatic heterocycles. The van der Waals surface area contributed by atoms with Crippen molar-refractivity contribution < 1.29 is 87.8 Å². The summed E-state index contributed by atoms with van der Waals surface area (Å²) in [6.07, 6.45) is -2.69. The Morgan fingerprint density at radius 2 is 0.517 bits per heavy atom. The summed E-state index contributed by atoms with van der Waals surface area (Å²) >= 11 is 0. The van der Waals surface area contributed by atoms with Gasteiger partial charge in [0.1, 0.15) is 65.2 Å². The maximum atomic E-state index is 15.4. The van der Waals surface area contributed by atoms with Crippen molar-refractivity contribution in [1.82, 2.24) is 0 Å². The Labute approximate surface area is 313 Å². The Kier molecular flexibility index (Phi) is 11.9. The third-order valence-electron chi connectivity index (χ3n) is 8.90. The first-order valence-electron chi connectivity index (χ1n) is 15.3. The van der Waals surface area contributed by atoms with Crippen molar-refractivity contribution in [3.8, 4) is 0 Å². The lowest BCUT2D eigenvalue weighted by molar-refractivity contribution is 0.378. The van der Waals surface area contributed by atoms with Crippen LogP contribution in [0, 0.1) is 116 Å². The summed E-state index contributed by atoms with van der Waals surface area (Å²) in [6.45, 7) is 0. The van der Waals surface area contributed by atoms with Crippen LogP contribution >= 0.6 is 0 Å². The maximum Gasteiger partial charge on any atom is 0.200 e. The van der Waals surface area contributed by atoms with Crippen molar-refractivity contribution in [2.24, 2.45) is 0 Å². The summed E-state index contributed by atoms with van der Waals surface area (Å²) in [7, 11) is 0.346. The van der Waals surface area contributed by atoms with E-state index in [0.29, 0.717) is 10.9 Å². The molecule has 0 unspecified atom stereocenters. The molecule has 0 nitrogen and oxygen atoms in total. The second kappa shape index (κ2) is 15.7. The molecule has 22 heteroatoms. The summed E-state index contributed by atoms with van der Waals surface area (Å²) < 4.78 is 294. The molecule has 0 amide bonds. The molecule has 6 aromatic carbocycles. The number of halogens is 20. The quantitative estimate of drug-likeness (QED) is 0.0535. The van der Waals surface area contributed by atoms with Crippen LogP contribution in [0.3, 0.4) is 0 Å². The average Bonchev–Trinajstić information content (AvgIpc) is 3.20. The van der Waals surface area contributed by atoms with Crippen molar-refractivity contribution in [3.05, 3.63) is 159 Å². The van der Waals surface area contributed by atoms with Crippen LogP contribution in [0.2, 0.25) is 0 Å². The van der Waals surface area contributed by atoms with E-state index in [1.54, 1.807) is 0 Å². The van der Waals surface area contributed by atoms with Crippen LogP contribution in [0.5, 0.6) is 0 Å². The van der Waals surface area contributed by atoms with Gasteiger partial charge in [0.25, 0.3) is 0 Å². The highest BCUT2D eigenvalue weighted by Gasteiger charge is 2.52. The minimum Gasteiger partial charge on any atom is -0.207 e. The van der Waals surface area contributed by atoms with E-state index in [0.717, 1.165) is 0 Å². The van der Waals surface area contributed by atoms with Crippen molar-refractivity contribution >= 4 is 49.7 Å². The summed E-state index contributed by atoms with van der Waals surface area (Å²) in [5.41, 5.74) is -14.3. The van der Waals surface area contributed by atoms with Gasteiger partial charge < -0.3 is 0 Å². The summed E-state index contributed by atoms with van der Waals surface area (Å²) in [5.74, 6) is -71.4. The smallest absolute Gasteiger partial charge is 0.200 e. The fourth-order valence-corrected chi connectivity index (χ4v) is 7.40. The molecule has 0 aromatic heterocycles. The highest BCUT2D eigenvalue weighted by Crippen LogP contribution is 2.31. The zero-order chi connectivity index (χ0) is 43.6. The van der Waals surface area contributed by atoms with Crippen LogP contribution in [-0.4, -0.2) is 18.7 Å². The van der Waals surface area contributed by atoms with E-state index in [4.69, 9.17) is 0 Å². The molecule has 0 heterocycles. The van der Waals surface area contributed by atoms with Gasteiger partial charge in [-0.25, -0.2) is 87.8 Å². The summed E-state index contributed by atoms with van der Waals surface area (Å²) in [6, 6.07) is 15.1. The Bertz CT molecular complexity index is 2280. The van der Waals surface area contributed by atoms with Gasteiger partial charge in [0, 0.05) is 16.3 Å². The minimum atomic E-state index is -7.22. The zero-order valence-electron chi connectivity index (χ0n) is 28.1. The molecule has 0 aliphatic carbocycles. The molecule has 0 saturated heterocycles. The van der Waals surface area contributed by atoms with Crippen LogP contribution in [0.25, 0.3) is 10.8 Å². The first-order valence-corrected chi connectivity index (χ1v) is 17.3. The third-order valence-corrected chi connectivity index (χ3v) is 10.1. The van der Waals surface area contributed by atoms with E-state index < -0.39 is 144 Å². The molecule has 58 heavy (non-hydrogen) atoms. The molecule has 0 atom stereocenters. The number of fused-ring (bicyclic) bond motifs is 1. The lowest BCUT2D eigenvalue weighted by Crippen LogP contribution is -2.81. The maximum absolute atomic E-state index is 15.4. The fourth-order valence-electron chi connectivity index (χ4n) is 6.43. The minimum absolute atomic E-state index is 0.346. The molecule has 0 saturated carbocycles. The van der Waals surface area contributed by atoms with Crippen molar-refractivity contribution in [3.63, 3.8) is 0 Å². The Balaban J connectivity index is 0.000000414. The number of hydrogen-bond donors (Lipinski definition) is 0.